The molecule has 2 N–H and O–H groups in total. The van der Waals surface area contributed by atoms with Gasteiger partial charge in [-0.1, -0.05) is 6.42 Å². The van der Waals surface area contributed by atoms with Gasteiger partial charge in [-0.3, -0.25) is 14.5 Å². The van der Waals surface area contributed by atoms with Crippen molar-refractivity contribution in [2.24, 2.45) is 0 Å². The number of benzene rings is 1. The fourth-order valence-electron chi connectivity index (χ4n) is 4.04. The van der Waals surface area contributed by atoms with Crippen LogP contribution < -0.4 is 10.6 Å². The van der Waals surface area contributed by atoms with Crippen molar-refractivity contribution in [1.82, 2.24) is 25.0 Å². The molecule has 2 aliphatic rings. The number of nitrogens with zero attached hydrogens (tertiary/aromatic N) is 4. The highest BCUT2D eigenvalue weighted by molar-refractivity contribution is 6.06. The van der Waals surface area contributed by atoms with Gasteiger partial charge < -0.3 is 15.2 Å². The maximum Gasteiger partial charge on any atom is 0.325 e. The average molecular weight is 425 g/mol. The third-order valence-corrected chi connectivity index (χ3v) is 5.77. The molecule has 0 aliphatic carbocycles. The van der Waals surface area contributed by atoms with E-state index in [2.05, 4.69) is 25.4 Å². The predicted molar refractivity (Wildman–Crippen MR) is 115 cm³/mol. The zero-order chi connectivity index (χ0) is 22.0. The fourth-order valence-corrected chi connectivity index (χ4v) is 4.04. The van der Waals surface area contributed by atoms with Gasteiger partial charge in [0, 0.05) is 37.2 Å². The Morgan fingerprint density at radius 3 is 2.61 bits per heavy atom. The number of carbonyl (C=O) groups is 3. The van der Waals surface area contributed by atoms with Crippen LogP contribution in [0, 0.1) is 0 Å². The molecule has 9 nitrogen and oxygen atoms in total. The molecule has 4 amide bonds. The second-order valence-corrected chi connectivity index (χ2v) is 8.64. The summed E-state index contributed by atoms with van der Waals surface area (Å²) in [5.41, 5.74) is 0.782. The van der Waals surface area contributed by atoms with Crippen molar-refractivity contribution < 1.29 is 14.4 Å². The van der Waals surface area contributed by atoms with Crippen LogP contribution in [-0.2, 0) is 22.6 Å². The molecule has 0 saturated carbocycles. The summed E-state index contributed by atoms with van der Waals surface area (Å²) >= 11 is 0. The molecule has 164 valence electrons. The highest BCUT2D eigenvalue weighted by Gasteiger charge is 2.43. The Morgan fingerprint density at radius 2 is 1.90 bits per heavy atom. The van der Waals surface area contributed by atoms with Crippen molar-refractivity contribution in [3.8, 4) is 11.4 Å². The molecule has 0 spiro atoms. The molecule has 0 radical (unpaired) electrons. The number of nitrogens with one attached hydrogen (secondary N) is 2. The molecule has 9 heteroatoms. The molecular formula is C22H28N6O3. The normalized spacial score (nSPS) is 17.8. The van der Waals surface area contributed by atoms with Crippen molar-refractivity contribution in [2.75, 3.05) is 11.9 Å². The van der Waals surface area contributed by atoms with Crippen molar-refractivity contribution in [3.05, 3.63) is 30.1 Å². The Hall–Kier alpha value is -3.23. The zero-order valence-corrected chi connectivity index (χ0v) is 18.0. The van der Waals surface area contributed by atoms with Gasteiger partial charge in [0.05, 0.1) is 0 Å². The molecule has 2 aliphatic heterocycles. The van der Waals surface area contributed by atoms with Crippen molar-refractivity contribution in [2.45, 2.75) is 64.5 Å². The Morgan fingerprint density at radius 1 is 1.13 bits per heavy atom. The van der Waals surface area contributed by atoms with Gasteiger partial charge in [-0.15, -0.1) is 10.2 Å². The Balaban J connectivity index is 1.30. The van der Waals surface area contributed by atoms with E-state index in [-0.39, 0.29) is 24.8 Å². The summed E-state index contributed by atoms with van der Waals surface area (Å²) < 4.78 is 2.19. The van der Waals surface area contributed by atoms with Crippen LogP contribution in [0.5, 0.6) is 0 Å². The van der Waals surface area contributed by atoms with E-state index < -0.39 is 11.6 Å². The lowest BCUT2D eigenvalue weighted by molar-refractivity contribution is -0.130. The Bertz CT molecular complexity index is 995. The molecular weight excluding hydrogens is 396 g/mol. The predicted octanol–water partition coefficient (Wildman–Crippen LogP) is 2.72. The molecule has 1 fully saturated rings. The standard InChI is InChI=1S/C22H28N6O3/c1-22(2)20(30)28(21(31)24-22)14-6-8-18(29)23-16-11-9-15(10-12-16)19-26-25-17-7-4-3-5-13-27(17)19/h9-12H,3-8,13-14H2,1-2H3,(H,23,29)(H,24,31). The third kappa shape index (κ3) is 4.45. The van der Waals surface area contributed by atoms with E-state index in [1.54, 1.807) is 13.8 Å². The number of imide groups is 1. The van der Waals surface area contributed by atoms with Gasteiger partial charge in [-0.2, -0.15) is 0 Å². The minimum absolute atomic E-state index is 0.157. The number of amides is 4. The fraction of sp³-hybridized carbons (Fsp3) is 0.500. The molecule has 1 aromatic carbocycles. The summed E-state index contributed by atoms with van der Waals surface area (Å²) in [5, 5.41) is 14.2. The highest BCUT2D eigenvalue weighted by Crippen LogP contribution is 2.24. The van der Waals surface area contributed by atoms with E-state index in [1.165, 1.54) is 11.3 Å². The zero-order valence-electron chi connectivity index (χ0n) is 18.0. The van der Waals surface area contributed by atoms with E-state index in [4.69, 9.17) is 0 Å². The maximum absolute atomic E-state index is 12.3. The number of fused-ring (bicyclic) bond motifs is 1. The average Bonchev–Trinajstić information content (AvgIpc) is 3.09. The largest absolute Gasteiger partial charge is 0.326 e. The van der Waals surface area contributed by atoms with Crippen molar-refractivity contribution in [3.63, 3.8) is 0 Å². The lowest BCUT2D eigenvalue weighted by Crippen LogP contribution is -2.40. The Labute approximate surface area is 181 Å². The lowest BCUT2D eigenvalue weighted by Gasteiger charge is -2.15. The second-order valence-electron chi connectivity index (χ2n) is 8.64. The van der Waals surface area contributed by atoms with E-state index in [9.17, 15) is 14.4 Å². The number of aromatic nitrogens is 3. The van der Waals surface area contributed by atoms with E-state index in [1.807, 2.05) is 24.3 Å². The molecule has 4 rings (SSSR count). The summed E-state index contributed by atoms with van der Waals surface area (Å²) in [6, 6.07) is 7.18. The van der Waals surface area contributed by atoms with Crippen LogP contribution in [0.3, 0.4) is 0 Å². The molecule has 31 heavy (non-hydrogen) atoms. The topological polar surface area (TPSA) is 109 Å². The molecule has 1 saturated heterocycles. The molecule has 0 bridgehead atoms. The third-order valence-electron chi connectivity index (χ3n) is 5.77. The maximum atomic E-state index is 12.3. The van der Waals surface area contributed by atoms with E-state index in [0.29, 0.717) is 12.1 Å². The molecule has 2 aromatic rings. The van der Waals surface area contributed by atoms with Crippen LogP contribution in [0.25, 0.3) is 11.4 Å². The number of urea groups is 1. The van der Waals surface area contributed by atoms with Crippen LogP contribution in [-0.4, -0.2) is 49.6 Å². The summed E-state index contributed by atoms with van der Waals surface area (Å²) in [4.78, 5) is 37.5. The first kappa shape index (κ1) is 21.0. The Kier molecular flexibility index (Phi) is 5.75. The second kappa shape index (κ2) is 8.49. The lowest BCUT2D eigenvalue weighted by atomic mass is 10.1. The van der Waals surface area contributed by atoms with Crippen LogP contribution in [0.15, 0.2) is 24.3 Å². The minimum atomic E-state index is -0.885. The van der Waals surface area contributed by atoms with E-state index in [0.717, 1.165) is 43.0 Å². The molecule has 3 heterocycles. The number of anilines is 1. The quantitative estimate of drug-likeness (QED) is 0.693. The molecule has 0 atom stereocenters. The number of carbonyl (C=O) groups excluding carboxylic acids is 3. The van der Waals surface area contributed by atoms with Crippen LogP contribution in [0.2, 0.25) is 0 Å². The molecule has 0 unspecified atom stereocenters. The van der Waals surface area contributed by atoms with Gasteiger partial charge in [0.1, 0.15) is 11.4 Å². The van der Waals surface area contributed by atoms with Gasteiger partial charge in [0.15, 0.2) is 5.82 Å². The van der Waals surface area contributed by atoms with Gasteiger partial charge in [-0.05, 0) is 57.4 Å². The first-order valence-corrected chi connectivity index (χ1v) is 10.8. The van der Waals surface area contributed by atoms with Crippen LogP contribution >= 0.6 is 0 Å². The summed E-state index contributed by atoms with van der Waals surface area (Å²) in [7, 11) is 0. The van der Waals surface area contributed by atoms with Gasteiger partial charge >= 0.3 is 6.03 Å². The number of rotatable bonds is 6. The first-order chi connectivity index (χ1) is 14.8. The smallest absolute Gasteiger partial charge is 0.325 e. The summed E-state index contributed by atoms with van der Waals surface area (Å²) in [6.07, 6.45) is 5.08. The van der Waals surface area contributed by atoms with E-state index >= 15 is 0 Å². The van der Waals surface area contributed by atoms with Gasteiger partial charge in [0.25, 0.3) is 5.91 Å². The SMILES string of the molecule is CC1(C)NC(=O)N(CCCC(=O)Nc2ccc(-c3nnc4n3CCCCC4)cc2)C1=O. The van der Waals surface area contributed by atoms with Crippen molar-refractivity contribution >= 4 is 23.5 Å². The van der Waals surface area contributed by atoms with Gasteiger partial charge in [-0.25, -0.2) is 4.79 Å². The number of hydrogen-bond acceptors (Lipinski definition) is 5. The number of hydrogen-bond donors (Lipinski definition) is 2. The van der Waals surface area contributed by atoms with Crippen LogP contribution in [0.4, 0.5) is 10.5 Å². The van der Waals surface area contributed by atoms with Gasteiger partial charge in [0.2, 0.25) is 5.91 Å². The van der Waals surface area contributed by atoms with Crippen LogP contribution in [0.1, 0.15) is 51.8 Å². The van der Waals surface area contributed by atoms with Crippen molar-refractivity contribution in [1.29, 1.82) is 0 Å². The minimum Gasteiger partial charge on any atom is -0.326 e. The molecule has 1 aromatic heterocycles. The monoisotopic (exact) mass is 424 g/mol. The number of aryl methyl sites for hydroxylation is 1. The summed E-state index contributed by atoms with van der Waals surface area (Å²) in [5.74, 6) is 1.49. The first-order valence-electron chi connectivity index (χ1n) is 10.8. The highest BCUT2D eigenvalue weighted by atomic mass is 16.2. The summed E-state index contributed by atoms with van der Waals surface area (Å²) in [6.45, 7) is 4.49.